The molecule has 4 rings (SSSR count). The van der Waals surface area contributed by atoms with Gasteiger partial charge in [0.1, 0.15) is 23.9 Å². The molecule has 3 aromatic rings. The molecule has 10 nitrogen and oxygen atoms in total. The minimum Gasteiger partial charge on any atom is -0.507 e. The smallest absolute Gasteiger partial charge is 0.301 e. The topological polar surface area (TPSA) is 121 Å². The largest absolute Gasteiger partial charge is 0.507 e. The van der Waals surface area contributed by atoms with Gasteiger partial charge in [0.05, 0.1) is 32.9 Å². The fourth-order valence-electron chi connectivity index (χ4n) is 4.13. The zero-order chi connectivity index (χ0) is 26.7. The number of aryl methyl sites for hydroxylation is 1. The molecule has 1 aromatic heterocycles. The molecule has 2 aromatic carbocycles. The molecule has 192 valence electrons. The van der Waals surface area contributed by atoms with E-state index in [0.717, 1.165) is 0 Å². The molecule has 1 aliphatic heterocycles. The molecule has 0 spiro atoms. The van der Waals surface area contributed by atoms with Gasteiger partial charge in [0.25, 0.3) is 5.78 Å². The van der Waals surface area contributed by atoms with Gasteiger partial charge in [0.2, 0.25) is 5.75 Å². The molecule has 1 saturated heterocycles. The van der Waals surface area contributed by atoms with Gasteiger partial charge in [0.15, 0.2) is 17.3 Å². The summed E-state index contributed by atoms with van der Waals surface area (Å²) in [5, 5.41) is 15.3. The number of ketones is 1. The highest BCUT2D eigenvalue weighted by Crippen LogP contribution is 2.47. The highest BCUT2D eigenvalue weighted by Gasteiger charge is 2.48. The van der Waals surface area contributed by atoms with E-state index in [-0.39, 0.29) is 17.2 Å². The summed E-state index contributed by atoms with van der Waals surface area (Å²) in [5.74, 6) is -0.0704. The van der Waals surface area contributed by atoms with Crippen molar-refractivity contribution in [2.24, 2.45) is 0 Å². The van der Waals surface area contributed by atoms with Crippen molar-refractivity contribution in [3.8, 4) is 23.0 Å². The van der Waals surface area contributed by atoms with E-state index in [0.29, 0.717) is 46.5 Å². The summed E-state index contributed by atoms with van der Waals surface area (Å²) in [6.07, 6.45) is 1.61. The number of hydrogen-bond acceptors (Lipinski definition) is 9. The van der Waals surface area contributed by atoms with Crippen LogP contribution in [0.2, 0.25) is 0 Å². The summed E-state index contributed by atoms with van der Waals surface area (Å²) in [5.41, 5.74) is 0.597. The van der Waals surface area contributed by atoms with Crippen molar-refractivity contribution in [2.45, 2.75) is 13.0 Å². The second-order valence-corrected chi connectivity index (χ2v) is 8.05. The molecule has 0 saturated carbocycles. The van der Waals surface area contributed by atoms with Crippen LogP contribution in [0.3, 0.4) is 0 Å². The Morgan fingerprint density at radius 3 is 2.24 bits per heavy atom. The van der Waals surface area contributed by atoms with E-state index in [1.807, 2.05) is 0 Å². The van der Waals surface area contributed by atoms with Gasteiger partial charge < -0.3 is 28.6 Å². The summed E-state index contributed by atoms with van der Waals surface area (Å²) < 4.78 is 27.0. The number of Topliss-reactive ketones (excluding diaryl/α,β-unsaturated/α-hetero) is 1. The van der Waals surface area contributed by atoms with Crippen molar-refractivity contribution in [2.75, 3.05) is 32.8 Å². The summed E-state index contributed by atoms with van der Waals surface area (Å²) >= 11 is 0. The summed E-state index contributed by atoms with van der Waals surface area (Å²) in [7, 11) is 4.37. The van der Waals surface area contributed by atoms with Crippen molar-refractivity contribution < 1.29 is 38.2 Å². The molecule has 0 radical (unpaired) electrons. The Bertz CT molecular complexity index is 1350. The highest BCUT2D eigenvalue weighted by molar-refractivity contribution is 6.51. The second-order valence-electron chi connectivity index (χ2n) is 8.05. The minimum atomic E-state index is -1.07. The quantitative estimate of drug-likeness (QED) is 0.197. The normalized spacial score (nSPS) is 16.5. The number of aliphatic hydroxyl groups excluding tert-OH is 1. The van der Waals surface area contributed by atoms with Gasteiger partial charge in [-0.2, -0.15) is 0 Å². The maximum Gasteiger partial charge on any atom is 0.301 e. The Morgan fingerprint density at radius 2 is 1.73 bits per heavy atom. The van der Waals surface area contributed by atoms with Gasteiger partial charge in [-0.25, -0.2) is 0 Å². The van der Waals surface area contributed by atoms with E-state index < -0.39 is 17.7 Å². The van der Waals surface area contributed by atoms with Crippen LogP contribution < -0.4 is 23.8 Å². The number of ether oxygens (including phenoxy) is 4. The molecule has 10 heteroatoms. The van der Waals surface area contributed by atoms with E-state index in [2.05, 4.69) is 11.7 Å². The average molecular weight is 507 g/mol. The van der Waals surface area contributed by atoms with E-state index >= 15 is 0 Å². The predicted octanol–water partition coefficient (Wildman–Crippen LogP) is 4.20. The van der Waals surface area contributed by atoms with Crippen LogP contribution >= 0.6 is 0 Å². The average Bonchev–Trinajstić information content (AvgIpc) is 3.46. The van der Waals surface area contributed by atoms with Gasteiger partial charge in [-0.1, -0.05) is 17.8 Å². The molecule has 0 bridgehead atoms. The Labute approximate surface area is 213 Å². The monoisotopic (exact) mass is 506 g/mol. The van der Waals surface area contributed by atoms with Crippen LogP contribution in [0.5, 0.6) is 23.0 Å². The summed E-state index contributed by atoms with van der Waals surface area (Å²) in [6, 6.07) is 10.1. The number of carbonyl (C=O) groups excluding carboxylic acids is 2. The number of amides is 1. The first-order valence-corrected chi connectivity index (χ1v) is 11.2. The number of carbonyl (C=O) groups is 2. The van der Waals surface area contributed by atoms with Crippen LogP contribution in [0, 0.1) is 6.92 Å². The van der Waals surface area contributed by atoms with Gasteiger partial charge in [-0.3, -0.25) is 14.5 Å². The molecular formula is C27H26N2O8. The maximum absolute atomic E-state index is 13.3. The van der Waals surface area contributed by atoms with Crippen LogP contribution in [0.15, 0.2) is 65.2 Å². The molecular weight excluding hydrogens is 480 g/mol. The van der Waals surface area contributed by atoms with Crippen LogP contribution in [-0.2, 0) is 9.59 Å². The zero-order valence-electron chi connectivity index (χ0n) is 20.8. The van der Waals surface area contributed by atoms with Crippen LogP contribution in [0.25, 0.3) is 5.76 Å². The van der Waals surface area contributed by atoms with Crippen molar-refractivity contribution >= 4 is 23.3 Å². The number of aromatic nitrogens is 1. The minimum absolute atomic E-state index is 0.116. The zero-order valence-corrected chi connectivity index (χ0v) is 20.8. The lowest BCUT2D eigenvalue weighted by Gasteiger charge is -2.24. The lowest BCUT2D eigenvalue weighted by Crippen LogP contribution is -2.29. The highest BCUT2D eigenvalue weighted by atomic mass is 16.5. The van der Waals surface area contributed by atoms with E-state index in [1.165, 1.54) is 32.3 Å². The Morgan fingerprint density at radius 1 is 1.08 bits per heavy atom. The third kappa shape index (κ3) is 4.61. The van der Waals surface area contributed by atoms with Crippen LogP contribution in [0.4, 0.5) is 5.82 Å². The molecule has 2 heterocycles. The molecule has 1 aliphatic rings. The SMILES string of the molecule is C=CCOc1ccc(C(O)=C2C(=O)C(=O)N(c3cc(C)on3)[C@@H]2c2cc(OC)c(OC)c(OC)c2)cc1. The van der Waals surface area contributed by atoms with Gasteiger partial charge >= 0.3 is 5.91 Å². The number of benzene rings is 2. The molecule has 1 N–H and O–H groups in total. The standard InChI is InChI=1S/C27H26N2O8/c1-6-11-36-18-9-7-16(8-10-18)24(30)22-23(17-13-19(33-3)26(35-5)20(14-17)34-4)29(27(32)25(22)31)21-12-15(2)37-28-21/h6-10,12-14,23,30H,1,11H2,2-5H3/t23-/m1/s1. The van der Waals surface area contributed by atoms with E-state index in [1.54, 1.807) is 49.4 Å². The molecule has 0 aliphatic carbocycles. The molecule has 37 heavy (non-hydrogen) atoms. The van der Waals surface area contributed by atoms with Crippen LogP contribution in [-0.4, -0.2) is 49.9 Å². The Kier molecular flexibility index (Phi) is 7.19. The van der Waals surface area contributed by atoms with Gasteiger partial charge in [0, 0.05) is 11.6 Å². The summed E-state index contributed by atoms with van der Waals surface area (Å²) in [6.45, 7) is 5.59. The number of methoxy groups -OCH3 is 3. The predicted molar refractivity (Wildman–Crippen MR) is 134 cm³/mol. The number of nitrogens with zero attached hydrogens (tertiary/aromatic N) is 2. The second kappa shape index (κ2) is 10.5. The summed E-state index contributed by atoms with van der Waals surface area (Å²) in [4.78, 5) is 27.8. The first-order valence-electron chi connectivity index (χ1n) is 11.2. The molecule has 0 unspecified atom stereocenters. The molecule has 1 amide bonds. The Balaban J connectivity index is 1.93. The number of hydrogen-bond donors (Lipinski definition) is 1. The Hall–Kier alpha value is -4.73. The number of anilines is 1. The van der Waals surface area contributed by atoms with Crippen molar-refractivity contribution in [3.63, 3.8) is 0 Å². The first kappa shape index (κ1) is 25.4. The van der Waals surface area contributed by atoms with E-state index in [4.69, 9.17) is 23.5 Å². The fourth-order valence-corrected chi connectivity index (χ4v) is 4.13. The first-order chi connectivity index (χ1) is 17.8. The van der Waals surface area contributed by atoms with Crippen LogP contribution in [0.1, 0.15) is 22.9 Å². The van der Waals surface area contributed by atoms with Gasteiger partial charge in [-0.05, 0) is 48.9 Å². The number of aliphatic hydroxyl groups is 1. The lowest BCUT2D eigenvalue weighted by atomic mass is 9.94. The van der Waals surface area contributed by atoms with Crippen molar-refractivity contribution in [3.05, 3.63) is 77.6 Å². The lowest BCUT2D eigenvalue weighted by molar-refractivity contribution is -0.132. The van der Waals surface area contributed by atoms with E-state index in [9.17, 15) is 14.7 Å². The molecule has 1 fully saturated rings. The third-order valence-corrected chi connectivity index (χ3v) is 5.81. The molecule has 1 atom stereocenters. The van der Waals surface area contributed by atoms with Crippen molar-refractivity contribution in [1.29, 1.82) is 0 Å². The fraction of sp³-hybridized carbons (Fsp3) is 0.222. The van der Waals surface area contributed by atoms with Gasteiger partial charge in [-0.15, -0.1) is 0 Å². The third-order valence-electron chi connectivity index (χ3n) is 5.81. The maximum atomic E-state index is 13.3. The number of rotatable bonds is 9. The van der Waals surface area contributed by atoms with Crippen molar-refractivity contribution in [1.82, 2.24) is 5.16 Å².